The van der Waals surface area contributed by atoms with Crippen molar-refractivity contribution in [1.29, 1.82) is 0 Å². The van der Waals surface area contributed by atoms with E-state index in [0.29, 0.717) is 28.3 Å². The Bertz CT molecular complexity index is 1080. The third-order valence-corrected chi connectivity index (χ3v) is 5.23. The van der Waals surface area contributed by atoms with Gasteiger partial charge in [0.25, 0.3) is 11.5 Å². The molecule has 1 aromatic heterocycles. The summed E-state index contributed by atoms with van der Waals surface area (Å²) in [6.07, 6.45) is 1.47. The molecule has 3 aromatic rings. The van der Waals surface area contributed by atoms with Crippen LogP contribution in [0.3, 0.4) is 0 Å². The van der Waals surface area contributed by atoms with E-state index in [0.717, 1.165) is 18.4 Å². The molecule has 29 heavy (non-hydrogen) atoms. The molecule has 0 spiro atoms. The van der Waals surface area contributed by atoms with Crippen LogP contribution in [0.4, 0.5) is 0 Å². The van der Waals surface area contributed by atoms with Crippen LogP contribution in [0.1, 0.15) is 54.3 Å². The summed E-state index contributed by atoms with van der Waals surface area (Å²) in [5.41, 5.74) is 1.52. The third kappa shape index (κ3) is 4.15. The molecule has 1 amide bonds. The van der Waals surface area contributed by atoms with Crippen molar-refractivity contribution in [3.05, 3.63) is 80.7 Å². The highest BCUT2D eigenvalue weighted by Crippen LogP contribution is 2.26. The van der Waals surface area contributed by atoms with Gasteiger partial charge in [-0.05, 0) is 31.4 Å². The molecular weight excluding hydrogens is 388 g/mol. The van der Waals surface area contributed by atoms with Crippen LogP contribution in [0.25, 0.3) is 10.8 Å². The van der Waals surface area contributed by atoms with E-state index in [-0.39, 0.29) is 22.9 Å². The molecular formula is C23H25ClN2O3. The minimum atomic E-state index is -0.358. The fourth-order valence-corrected chi connectivity index (χ4v) is 3.72. The van der Waals surface area contributed by atoms with Gasteiger partial charge in [-0.15, -0.1) is 4.73 Å². The highest BCUT2D eigenvalue weighted by Gasteiger charge is 2.23. The molecule has 0 radical (unpaired) electrons. The zero-order chi connectivity index (χ0) is 21.0. The standard InChI is InChI=1S/C23H25ClN2O3/c1-4-14-29-26-15(3)20(17-12-9-13-18(24)21(17)23(26)28)22(27)25-19(5-2)16-10-7-6-8-11-16/h6-13,19H,4-5,14H2,1-3H3,(H,25,27)/t19-/m0/s1. The molecule has 1 N–H and O–H groups in total. The van der Waals surface area contributed by atoms with Crippen LogP contribution in [-0.4, -0.2) is 17.2 Å². The topological polar surface area (TPSA) is 60.3 Å². The average molecular weight is 413 g/mol. The number of amides is 1. The maximum absolute atomic E-state index is 13.3. The fraction of sp³-hybridized carbons (Fsp3) is 0.304. The summed E-state index contributed by atoms with van der Waals surface area (Å²) in [5, 5.41) is 4.21. The minimum absolute atomic E-state index is 0.144. The summed E-state index contributed by atoms with van der Waals surface area (Å²) >= 11 is 6.33. The zero-order valence-electron chi connectivity index (χ0n) is 16.9. The van der Waals surface area contributed by atoms with E-state index in [1.54, 1.807) is 25.1 Å². The lowest BCUT2D eigenvalue weighted by molar-refractivity contribution is 0.0892. The highest BCUT2D eigenvalue weighted by molar-refractivity contribution is 6.36. The van der Waals surface area contributed by atoms with Gasteiger partial charge in [-0.2, -0.15) is 0 Å². The molecule has 152 valence electrons. The number of fused-ring (bicyclic) bond motifs is 1. The van der Waals surface area contributed by atoms with Gasteiger partial charge in [0.1, 0.15) is 6.61 Å². The van der Waals surface area contributed by atoms with Gasteiger partial charge < -0.3 is 10.2 Å². The molecule has 0 aliphatic heterocycles. The van der Waals surface area contributed by atoms with Gasteiger partial charge in [-0.3, -0.25) is 9.59 Å². The van der Waals surface area contributed by atoms with Crippen molar-refractivity contribution < 1.29 is 9.63 Å². The Labute approximate surface area is 175 Å². The Hall–Kier alpha value is -2.79. The van der Waals surface area contributed by atoms with Gasteiger partial charge >= 0.3 is 0 Å². The summed E-state index contributed by atoms with van der Waals surface area (Å²) < 4.78 is 1.19. The van der Waals surface area contributed by atoms with Crippen LogP contribution >= 0.6 is 11.6 Å². The molecule has 0 saturated carbocycles. The third-order valence-electron chi connectivity index (χ3n) is 4.91. The Morgan fingerprint density at radius 3 is 2.52 bits per heavy atom. The molecule has 1 heterocycles. The summed E-state index contributed by atoms with van der Waals surface area (Å²) in [6.45, 7) is 6.05. The van der Waals surface area contributed by atoms with E-state index < -0.39 is 0 Å². The number of carbonyl (C=O) groups is 1. The van der Waals surface area contributed by atoms with Crippen LogP contribution in [0.2, 0.25) is 5.02 Å². The van der Waals surface area contributed by atoms with E-state index >= 15 is 0 Å². The SMILES string of the molecule is CCCOn1c(C)c(C(=O)N[C@@H](CC)c2ccccc2)c2cccc(Cl)c2c1=O. The summed E-state index contributed by atoms with van der Waals surface area (Å²) in [5.74, 6) is -0.265. The van der Waals surface area contributed by atoms with Crippen molar-refractivity contribution in [2.45, 2.75) is 39.7 Å². The normalized spacial score (nSPS) is 12.0. The smallest absolute Gasteiger partial charge is 0.292 e. The second-order valence-electron chi connectivity index (χ2n) is 6.90. The van der Waals surface area contributed by atoms with Gasteiger partial charge in [0, 0.05) is 5.39 Å². The monoisotopic (exact) mass is 412 g/mol. The lowest BCUT2D eigenvalue weighted by Crippen LogP contribution is -2.35. The second kappa shape index (κ2) is 9.14. The van der Waals surface area contributed by atoms with Crippen LogP contribution in [0.15, 0.2) is 53.3 Å². The fourth-order valence-electron chi connectivity index (χ4n) is 3.46. The molecule has 3 rings (SSSR count). The summed E-state index contributed by atoms with van der Waals surface area (Å²) in [6, 6.07) is 14.8. The molecule has 0 aliphatic carbocycles. The number of benzene rings is 2. The Morgan fingerprint density at radius 2 is 1.86 bits per heavy atom. The first-order valence-electron chi connectivity index (χ1n) is 9.82. The van der Waals surface area contributed by atoms with Gasteiger partial charge in [0.05, 0.1) is 27.7 Å². The van der Waals surface area contributed by atoms with Gasteiger partial charge in [0.2, 0.25) is 0 Å². The van der Waals surface area contributed by atoms with Crippen molar-refractivity contribution in [2.75, 3.05) is 6.61 Å². The zero-order valence-corrected chi connectivity index (χ0v) is 17.6. The largest absolute Gasteiger partial charge is 0.411 e. The number of pyridine rings is 1. The van der Waals surface area contributed by atoms with Crippen molar-refractivity contribution in [3.63, 3.8) is 0 Å². The second-order valence-corrected chi connectivity index (χ2v) is 7.31. The number of nitrogens with one attached hydrogen (secondary N) is 1. The van der Waals surface area contributed by atoms with E-state index in [4.69, 9.17) is 16.4 Å². The number of aromatic nitrogens is 1. The summed E-state index contributed by atoms with van der Waals surface area (Å²) in [7, 11) is 0. The predicted molar refractivity (Wildman–Crippen MR) is 117 cm³/mol. The first-order chi connectivity index (χ1) is 14.0. The van der Waals surface area contributed by atoms with Crippen molar-refractivity contribution >= 4 is 28.3 Å². The van der Waals surface area contributed by atoms with Crippen molar-refractivity contribution in [1.82, 2.24) is 10.0 Å². The number of nitrogens with zero attached hydrogens (tertiary/aromatic N) is 1. The Balaban J connectivity index is 2.13. The van der Waals surface area contributed by atoms with Gasteiger partial charge in [0.15, 0.2) is 0 Å². The molecule has 0 bridgehead atoms. The van der Waals surface area contributed by atoms with Gasteiger partial charge in [-0.1, -0.05) is 67.9 Å². The van der Waals surface area contributed by atoms with Crippen LogP contribution in [0.5, 0.6) is 0 Å². The molecule has 6 heteroatoms. The van der Waals surface area contributed by atoms with Crippen LogP contribution < -0.4 is 15.7 Å². The molecule has 0 unspecified atom stereocenters. The number of rotatable bonds is 7. The minimum Gasteiger partial charge on any atom is -0.411 e. The predicted octanol–water partition coefficient (Wildman–Crippen LogP) is 4.68. The number of hydrogen-bond donors (Lipinski definition) is 1. The number of hydrogen-bond acceptors (Lipinski definition) is 3. The lowest BCUT2D eigenvalue weighted by atomic mass is 10.0. The molecule has 0 saturated heterocycles. The molecule has 0 aliphatic rings. The maximum Gasteiger partial charge on any atom is 0.292 e. The van der Waals surface area contributed by atoms with Crippen molar-refractivity contribution in [2.24, 2.45) is 0 Å². The molecule has 2 aromatic carbocycles. The van der Waals surface area contributed by atoms with E-state index in [9.17, 15) is 9.59 Å². The van der Waals surface area contributed by atoms with Crippen molar-refractivity contribution in [3.8, 4) is 0 Å². The number of halogens is 1. The first kappa shape index (κ1) is 20.9. The Kier molecular flexibility index (Phi) is 6.60. The maximum atomic E-state index is 13.3. The van der Waals surface area contributed by atoms with Crippen LogP contribution in [-0.2, 0) is 0 Å². The van der Waals surface area contributed by atoms with Gasteiger partial charge in [-0.25, -0.2) is 0 Å². The highest BCUT2D eigenvalue weighted by atomic mass is 35.5. The molecule has 5 nitrogen and oxygen atoms in total. The first-order valence-corrected chi connectivity index (χ1v) is 10.2. The van der Waals surface area contributed by atoms with E-state index in [1.165, 1.54) is 4.73 Å². The quantitative estimate of drug-likeness (QED) is 0.612. The van der Waals surface area contributed by atoms with E-state index in [2.05, 4.69) is 5.32 Å². The molecule has 0 fully saturated rings. The van der Waals surface area contributed by atoms with E-state index in [1.807, 2.05) is 44.2 Å². The lowest BCUT2D eigenvalue weighted by Gasteiger charge is -2.21. The Morgan fingerprint density at radius 1 is 1.14 bits per heavy atom. The average Bonchev–Trinajstić information content (AvgIpc) is 2.72. The van der Waals surface area contributed by atoms with Crippen LogP contribution in [0, 0.1) is 6.92 Å². The number of carbonyl (C=O) groups excluding carboxylic acids is 1. The molecule has 1 atom stereocenters. The summed E-state index contributed by atoms with van der Waals surface area (Å²) in [4.78, 5) is 32.0.